The second-order valence-electron chi connectivity index (χ2n) is 3.54. The van der Waals surface area contributed by atoms with Gasteiger partial charge in [-0.2, -0.15) is 0 Å². The maximum Gasteiger partial charge on any atom is 0.407 e. The van der Waals surface area contributed by atoms with E-state index in [0.717, 1.165) is 6.42 Å². The molecule has 1 amide bonds. The number of rotatable bonds is 6. The van der Waals surface area contributed by atoms with Crippen LogP contribution < -0.4 is 5.32 Å². The lowest BCUT2D eigenvalue weighted by molar-refractivity contribution is 0.0879. The maximum atomic E-state index is 10.9. The minimum absolute atomic E-state index is 0.0109. The third-order valence-corrected chi connectivity index (χ3v) is 1.62. The maximum absolute atomic E-state index is 10.9. The average molecular weight is 205 g/mol. The molecular weight excluding hydrogens is 186 g/mol. The number of carbonyl (C=O) groups is 1. The third kappa shape index (κ3) is 7.82. The zero-order valence-corrected chi connectivity index (χ0v) is 8.69. The first-order valence-corrected chi connectivity index (χ1v) is 4.75. The highest BCUT2D eigenvalue weighted by molar-refractivity contribution is 5.67. The van der Waals surface area contributed by atoms with Crippen molar-refractivity contribution >= 4 is 6.09 Å². The quantitative estimate of drug-likeness (QED) is 0.575. The van der Waals surface area contributed by atoms with Crippen molar-refractivity contribution in [2.75, 3.05) is 19.8 Å². The smallest absolute Gasteiger partial charge is 0.407 e. The van der Waals surface area contributed by atoms with Crippen molar-refractivity contribution in [2.24, 2.45) is 5.92 Å². The molecule has 0 heterocycles. The largest absolute Gasteiger partial charge is 0.450 e. The molecule has 0 aromatic rings. The van der Waals surface area contributed by atoms with Crippen LogP contribution in [0.5, 0.6) is 0 Å². The fraction of sp³-hybridized carbons (Fsp3) is 0.889. The van der Waals surface area contributed by atoms with Crippen molar-refractivity contribution in [3.63, 3.8) is 0 Å². The first-order chi connectivity index (χ1) is 6.56. The molecule has 0 aliphatic carbocycles. The van der Waals surface area contributed by atoms with Crippen LogP contribution in [-0.4, -0.2) is 42.2 Å². The normalized spacial score (nSPS) is 12.6. The van der Waals surface area contributed by atoms with Gasteiger partial charge in [0.25, 0.3) is 0 Å². The van der Waals surface area contributed by atoms with Crippen molar-refractivity contribution in [1.82, 2.24) is 5.32 Å². The van der Waals surface area contributed by atoms with Crippen molar-refractivity contribution < 1.29 is 19.7 Å². The van der Waals surface area contributed by atoms with Crippen LogP contribution in [0.1, 0.15) is 20.3 Å². The molecule has 0 aromatic heterocycles. The van der Waals surface area contributed by atoms with Gasteiger partial charge in [-0.25, -0.2) is 4.79 Å². The Kier molecular flexibility index (Phi) is 7.14. The molecular formula is C9H19NO4. The van der Waals surface area contributed by atoms with Crippen LogP contribution >= 0.6 is 0 Å². The summed E-state index contributed by atoms with van der Waals surface area (Å²) in [6.45, 7) is 4.09. The van der Waals surface area contributed by atoms with Gasteiger partial charge in [0.1, 0.15) is 0 Å². The predicted molar refractivity (Wildman–Crippen MR) is 51.9 cm³/mol. The van der Waals surface area contributed by atoms with Crippen LogP contribution in [0.3, 0.4) is 0 Å². The molecule has 3 N–H and O–H groups in total. The number of nitrogens with one attached hydrogen (secondary N) is 1. The molecule has 14 heavy (non-hydrogen) atoms. The van der Waals surface area contributed by atoms with E-state index in [4.69, 9.17) is 14.9 Å². The van der Waals surface area contributed by atoms with Crippen molar-refractivity contribution in [3.05, 3.63) is 0 Å². The summed E-state index contributed by atoms with van der Waals surface area (Å²) in [5.41, 5.74) is 0. The summed E-state index contributed by atoms with van der Waals surface area (Å²) in [5, 5.41) is 19.7. The Bertz CT molecular complexity index is 161. The first kappa shape index (κ1) is 13.2. The van der Waals surface area contributed by atoms with Crippen molar-refractivity contribution in [3.8, 4) is 0 Å². The monoisotopic (exact) mass is 205 g/mol. The van der Waals surface area contributed by atoms with Gasteiger partial charge in [-0.3, -0.25) is 0 Å². The summed E-state index contributed by atoms with van der Waals surface area (Å²) in [6.07, 6.45) is -0.665. The molecule has 0 radical (unpaired) electrons. The topological polar surface area (TPSA) is 78.8 Å². The van der Waals surface area contributed by atoms with E-state index in [1.54, 1.807) is 0 Å². The zero-order valence-electron chi connectivity index (χ0n) is 8.69. The molecule has 1 atom stereocenters. The summed E-state index contributed by atoms with van der Waals surface area (Å²) < 4.78 is 4.80. The molecule has 0 bridgehead atoms. The number of aliphatic hydroxyl groups is 2. The Balaban J connectivity index is 3.37. The van der Waals surface area contributed by atoms with Gasteiger partial charge in [0.15, 0.2) is 0 Å². The van der Waals surface area contributed by atoms with E-state index in [1.807, 2.05) is 13.8 Å². The van der Waals surface area contributed by atoms with Gasteiger partial charge in [0.2, 0.25) is 0 Å². The fourth-order valence-electron chi connectivity index (χ4n) is 0.704. The van der Waals surface area contributed by atoms with E-state index >= 15 is 0 Å². The van der Waals surface area contributed by atoms with Crippen LogP contribution in [0.15, 0.2) is 0 Å². The number of ether oxygens (including phenoxy) is 1. The minimum atomic E-state index is -0.923. The zero-order chi connectivity index (χ0) is 11.0. The highest BCUT2D eigenvalue weighted by Crippen LogP contribution is 1.98. The van der Waals surface area contributed by atoms with Gasteiger partial charge in [0.05, 0.1) is 19.3 Å². The molecule has 0 aliphatic heterocycles. The molecule has 1 unspecified atom stereocenters. The Morgan fingerprint density at radius 2 is 2.14 bits per heavy atom. The van der Waals surface area contributed by atoms with E-state index in [1.165, 1.54) is 0 Å². The summed E-state index contributed by atoms with van der Waals surface area (Å²) in [5.74, 6) is 0.492. The fourth-order valence-corrected chi connectivity index (χ4v) is 0.704. The highest BCUT2D eigenvalue weighted by atomic mass is 16.5. The van der Waals surface area contributed by atoms with E-state index in [2.05, 4.69) is 5.32 Å². The first-order valence-electron chi connectivity index (χ1n) is 4.75. The van der Waals surface area contributed by atoms with Gasteiger partial charge in [0, 0.05) is 6.54 Å². The number of hydrogen-bond donors (Lipinski definition) is 3. The molecule has 0 fully saturated rings. The third-order valence-electron chi connectivity index (χ3n) is 1.62. The lowest BCUT2D eigenvalue weighted by Crippen LogP contribution is -2.34. The number of hydrogen-bond acceptors (Lipinski definition) is 4. The molecule has 5 nitrogen and oxygen atoms in total. The van der Waals surface area contributed by atoms with E-state index in [-0.39, 0.29) is 13.2 Å². The summed E-state index contributed by atoms with van der Waals surface area (Å²) >= 11 is 0. The predicted octanol–water partition coefficient (Wildman–Crippen LogP) is 0.112. The number of carbonyl (C=O) groups excluding carboxylic acids is 1. The molecule has 0 aliphatic rings. The van der Waals surface area contributed by atoms with Crippen molar-refractivity contribution in [2.45, 2.75) is 26.4 Å². The van der Waals surface area contributed by atoms with E-state index < -0.39 is 12.2 Å². The van der Waals surface area contributed by atoms with Gasteiger partial charge in [-0.15, -0.1) is 0 Å². The highest BCUT2D eigenvalue weighted by Gasteiger charge is 2.06. The number of amides is 1. The van der Waals surface area contributed by atoms with Crippen molar-refractivity contribution in [1.29, 1.82) is 0 Å². The lowest BCUT2D eigenvalue weighted by Gasteiger charge is -2.10. The Morgan fingerprint density at radius 3 is 2.64 bits per heavy atom. The second kappa shape index (κ2) is 7.58. The Labute approximate surface area is 84.1 Å². The standard InChI is InChI=1S/C9H19NO4/c1-7(2)3-4-14-9(13)10-5-8(12)6-11/h7-8,11-12H,3-6H2,1-2H3,(H,10,13). The van der Waals surface area contributed by atoms with Crippen LogP contribution in [0.2, 0.25) is 0 Å². The molecule has 0 saturated carbocycles. The summed E-state index contributed by atoms with van der Waals surface area (Å²) in [6, 6.07) is 0. The molecule has 0 saturated heterocycles. The van der Waals surface area contributed by atoms with Crippen LogP contribution in [0.4, 0.5) is 4.79 Å². The van der Waals surface area contributed by atoms with Gasteiger partial charge in [-0.05, 0) is 12.3 Å². The second-order valence-corrected chi connectivity index (χ2v) is 3.54. The number of aliphatic hydroxyl groups excluding tert-OH is 2. The Morgan fingerprint density at radius 1 is 1.50 bits per heavy atom. The Hall–Kier alpha value is -0.810. The summed E-state index contributed by atoms with van der Waals surface area (Å²) in [4.78, 5) is 10.9. The van der Waals surface area contributed by atoms with E-state index in [9.17, 15) is 4.79 Å². The SMILES string of the molecule is CC(C)CCOC(=O)NCC(O)CO. The van der Waals surface area contributed by atoms with Gasteiger partial charge in [-0.1, -0.05) is 13.8 Å². The summed E-state index contributed by atoms with van der Waals surface area (Å²) in [7, 11) is 0. The van der Waals surface area contributed by atoms with Crippen LogP contribution in [0.25, 0.3) is 0 Å². The lowest BCUT2D eigenvalue weighted by atomic mass is 10.1. The molecule has 0 aromatic carbocycles. The number of alkyl carbamates (subject to hydrolysis) is 1. The minimum Gasteiger partial charge on any atom is -0.450 e. The average Bonchev–Trinajstić information content (AvgIpc) is 2.13. The van der Waals surface area contributed by atoms with Crippen LogP contribution in [-0.2, 0) is 4.74 Å². The van der Waals surface area contributed by atoms with E-state index in [0.29, 0.717) is 12.5 Å². The van der Waals surface area contributed by atoms with Gasteiger partial charge < -0.3 is 20.3 Å². The molecule has 84 valence electrons. The van der Waals surface area contributed by atoms with Gasteiger partial charge >= 0.3 is 6.09 Å². The molecule has 0 rings (SSSR count). The molecule has 5 heteroatoms. The molecule has 0 spiro atoms. The van der Waals surface area contributed by atoms with Crippen LogP contribution in [0, 0.1) is 5.92 Å².